The lowest BCUT2D eigenvalue weighted by Crippen LogP contribution is -2.54. The van der Waals surface area contributed by atoms with Gasteiger partial charge in [-0.2, -0.15) is 0 Å². The second kappa shape index (κ2) is 11.4. The van der Waals surface area contributed by atoms with Crippen molar-refractivity contribution in [2.45, 2.75) is 62.6 Å². The molecule has 2 N–H and O–H groups in total. The summed E-state index contributed by atoms with van der Waals surface area (Å²) in [5.74, 6) is 0.688. The van der Waals surface area contributed by atoms with E-state index in [-0.39, 0.29) is 24.6 Å². The molecule has 36 heavy (non-hydrogen) atoms. The fourth-order valence-corrected chi connectivity index (χ4v) is 5.83. The summed E-state index contributed by atoms with van der Waals surface area (Å²) in [4.78, 5) is 20.7. The summed E-state index contributed by atoms with van der Waals surface area (Å²) in [7, 11) is 1.63. The van der Waals surface area contributed by atoms with Crippen LogP contribution in [0.5, 0.6) is 0 Å². The summed E-state index contributed by atoms with van der Waals surface area (Å²) in [5.41, 5.74) is 1.18. The fraction of sp³-hybridized carbons (Fsp3) is 0.643. The zero-order chi connectivity index (χ0) is 25.0. The topological polar surface area (TPSA) is 88.8 Å². The number of aliphatic hydroxyl groups is 1. The minimum atomic E-state index is -0.992. The van der Waals surface area contributed by atoms with Crippen LogP contribution in [0.3, 0.4) is 0 Å². The van der Waals surface area contributed by atoms with Gasteiger partial charge in [-0.15, -0.1) is 0 Å². The third-order valence-corrected chi connectivity index (χ3v) is 7.99. The maximum atomic E-state index is 14.0. The van der Waals surface area contributed by atoms with Crippen LogP contribution in [0.15, 0.2) is 36.7 Å². The molecule has 3 atom stereocenters. The maximum Gasteiger partial charge on any atom is 0.275 e. The molecule has 1 amide bonds. The highest BCUT2D eigenvalue weighted by atomic mass is 16.5. The van der Waals surface area contributed by atoms with Crippen LogP contribution in [0, 0.1) is 5.92 Å². The minimum Gasteiger partial charge on any atom is -0.385 e. The van der Waals surface area contributed by atoms with Gasteiger partial charge < -0.3 is 29.4 Å². The number of imidazole rings is 1. The first-order chi connectivity index (χ1) is 17.6. The summed E-state index contributed by atoms with van der Waals surface area (Å²) in [6, 6.07) is 9.83. The van der Waals surface area contributed by atoms with E-state index in [0.29, 0.717) is 25.3 Å². The largest absolute Gasteiger partial charge is 0.385 e. The summed E-state index contributed by atoms with van der Waals surface area (Å²) >= 11 is 0. The van der Waals surface area contributed by atoms with Crippen LogP contribution in [-0.2, 0) is 9.47 Å². The van der Waals surface area contributed by atoms with Gasteiger partial charge in [-0.3, -0.25) is 4.79 Å². The van der Waals surface area contributed by atoms with Gasteiger partial charge in [0, 0.05) is 51.6 Å². The number of piperazine rings is 1. The minimum absolute atomic E-state index is 0.0487. The van der Waals surface area contributed by atoms with Gasteiger partial charge in [0.2, 0.25) is 0 Å². The van der Waals surface area contributed by atoms with Crippen molar-refractivity contribution in [3.8, 4) is 11.3 Å². The van der Waals surface area contributed by atoms with Crippen LogP contribution in [0.2, 0.25) is 0 Å². The summed E-state index contributed by atoms with van der Waals surface area (Å²) in [5, 5.41) is 15.0. The number of ether oxygens (including phenoxy) is 2. The van der Waals surface area contributed by atoms with Gasteiger partial charge in [-0.05, 0) is 38.0 Å². The van der Waals surface area contributed by atoms with Gasteiger partial charge in [-0.1, -0.05) is 43.2 Å². The number of aromatic nitrogens is 2. The number of hydrogen-bond acceptors (Lipinski definition) is 6. The molecule has 3 aliphatic rings. The van der Waals surface area contributed by atoms with E-state index < -0.39 is 5.60 Å². The van der Waals surface area contributed by atoms with Gasteiger partial charge >= 0.3 is 0 Å². The molecule has 2 aliphatic carbocycles. The molecule has 1 aromatic heterocycles. The second-order valence-electron chi connectivity index (χ2n) is 10.7. The Labute approximate surface area is 214 Å². The van der Waals surface area contributed by atoms with Crippen molar-refractivity contribution >= 4 is 5.91 Å². The first-order valence-corrected chi connectivity index (χ1v) is 13.5. The molecule has 1 aliphatic heterocycles. The number of hydrogen-bond donors (Lipinski definition) is 2. The molecule has 5 rings (SSSR count). The van der Waals surface area contributed by atoms with Crippen LogP contribution in [0.25, 0.3) is 11.3 Å². The van der Waals surface area contributed by atoms with Crippen molar-refractivity contribution < 1.29 is 19.4 Å². The Hall–Kier alpha value is -2.26. The lowest BCUT2D eigenvalue weighted by atomic mass is 9.80. The monoisotopic (exact) mass is 496 g/mol. The first kappa shape index (κ1) is 25.4. The molecule has 8 heteroatoms. The van der Waals surface area contributed by atoms with Crippen LogP contribution >= 0.6 is 0 Å². The number of methoxy groups -OCH3 is 1. The normalized spacial score (nSPS) is 26.8. The average molecular weight is 497 g/mol. The number of carbonyl (C=O) groups is 1. The average Bonchev–Trinajstić information content (AvgIpc) is 3.63. The standard InChI is InChI=1S/C28H40N4O4/c1-35-19-28(34)13-6-5-9-24(28)32-20-30-25(26(32)22-7-3-2-4-8-22)27(33)31-15-14-29-17-23(31)12-16-36-18-21-10-11-21/h2-4,7-8,20-21,23-24,29,34H,5-6,9-19H2,1H3/t23-,24-,28-/m1/s1. The predicted octanol–water partition coefficient (Wildman–Crippen LogP) is 3.27. The van der Waals surface area contributed by atoms with E-state index in [2.05, 4.69) is 5.32 Å². The number of nitrogens with zero attached hydrogens (tertiary/aromatic N) is 3. The molecule has 196 valence electrons. The molecule has 0 unspecified atom stereocenters. The molecule has 0 spiro atoms. The van der Waals surface area contributed by atoms with Gasteiger partial charge in [0.1, 0.15) is 5.60 Å². The molecule has 1 aromatic carbocycles. The lowest BCUT2D eigenvalue weighted by molar-refractivity contribution is -0.0893. The Bertz CT molecular complexity index is 1000. The van der Waals surface area contributed by atoms with Gasteiger partial charge in [-0.25, -0.2) is 4.98 Å². The third kappa shape index (κ3) is 5.52. The van der Waals surface area contributed by atoms with Gasteiger partial charge in [0.15, 0.2) is 5.69 Å². The molecule has 2 aromatic rings. The van der Waals surface area contributed by atoms with Crippen LogP contribution in [0.1, 0.15) is 61.5 Å². The Morgan fingerprint density at radius 2 is 2.06 bits per heavy atom. The summed E-state index contributed by atoms with van der Waals surface area (Å²) in [6.45, 7) is 3.93. The van der Waals surface area contributed by atoms with Crippen LogP contribution in [-0.4, -0.2) is 83.7 Å². The third-order valence-electron chi connectivity index (χ3n) is 7.99. The van der Waals surface area contributed by atoms with E-state index in [9.17, 15) is 9.90 Å². The number of rotatable bonds is 10. The molecule has 2 saturated carbocycles. The molecule has 0 bridgehead atoms. The smallest absolute Gasteiger partial charge is 0.275 e. The number of amides is 1. The SMILES string of the molecule is COC[C@]1(O)CCCC[C@H]1n1cnc(C(=O)N2CCNC[C@H]2CCOCC2CC2)c1-c1ccccc1. The highest BCUT2D eigenvalue weighted by Crippen LogP contribution is 2.41. The van der Waals surface area contributed by atoms with Crippen molar-refractivity contribution in [2.75, 3.05) is 46.6 Å². The van der Waals surface area contributed by atoms with Crippen molar-refractivity contribution in [3.63, 3.8) is 0 Å². The number of nitrogens with one attached hydrogen (secondary N) is 1. The highest BCUT2D eigenvalue weighted by Gasteiger charge is 2.42. The first-order valence-electron chi connectivity index (χ1n) is 13.5. The van der Waals surface area contributed by atoms with E-state index in [1.165, 1.54) is 12.8 Å². The predicted molar refractivity (Wildman–Crippen MR) is 138 cm³/mol. The zero-order valence-corrected chi connectivity index (χ0v) is 21.4. The highest BCUT2D eigenvalue weighted by molar-refractivity contribution is 5.98. The van der Waals surface area contributed by atoms with E-state index in [1.807, 2.05) is 39.8 Å². The van der Waals surface area contributed by atoms with Crippen LogP contribution in [0.4, 0.5) is 0 Å². The van der Waals surface area contributed by atoms with Crippen LogP contribution < -0.4 is 5.32 Å². The van der Waals surface area contributed by atoms with E-state index in [4.69, 9.17) is 14.5 Å². The fourth-order valence-electron chi connectivity index (χ4n) is 5.83. The van der Waals surface area contributed by atoms with E-state index in [1.54, 1.807) is 13.4 Å². The molecule has 1 saturated heterocycles. The quantitative estimate of drug-likeness (QED) is 0.491. The van der Waals surface area contributed by atoms with E-state index >= 15 is 0 Å². The lowest BCUT2D eigenvalue weighted by Gasteiger charge is -2.41. The Morgan fingerprint density at radius 1 is 1.22 bits per heavy atom. The van der Waals surface area contributed by atoms with Gasteiger partial charge in [0.05, 0.1) is 24.7 Å². The Balaban J connectivity index is 1.44. The summed E-state index contributed by atoms with van der Waals surface area (Å²) < 4.78 is 13.4. The maximum absolute atomic E-state index is 14.0. The van der Waals surface area contributed by atoms with Crippen molar-refractivity contribution in [3.05, 3.63) is 42.4 Å². The summed E-state index contributed by atoms with van der Waals surface area (Å²) in [6.07, 6.45) is 8.59. The Kier molecular flexibility index (Phi) is 8.06. The van der Waals surface area contributed by atoms with Crippen molar-refractivity contribution in [1.29, 1.82) is 0 Å². The molecular weight excluding hydrogens is 456 g/mol. The van der Waals surface area contributed by atoms with Crippen molar-refractivity contribution in [1.82, 2.24) is 19.8 Å². The Morgan fingerprint density at radius 3 is 2.83 bits per heavy atom. The molecule has 2 heterocycles. The molecular formula is C28H40N4O4. The molecule has 8 nitrogen and oxygen atoms in total. The molecule has 3 fully saturated rings. The zero-order valence-electron chi connectivity index (χ0n) is 21.4. The number of benzene rings is 1. The second-order valence-corrected chi connectivity index (χ2v) is 10.7. The number of carbonyl (C=O) groups excluding carboxylic acids is 1. The van der Waals surface area contributed by atoms with E-state index in [0.717, 1.165) is 62.6 Å². The van der Waals surface area contributed by atoms with Crippen molar-refractivity contribution in [2.24, 2.45) is 5.92 Å². The van der Waals surface area contributed by atoms with Gasteiger partial charge in [0.25, 0.3) is 5.91 Å². The molecule has 0 radical (unpaired) electrons.